The quantitative estimate of drug-likeness (QED) is 0.700. The second-order valence-electron chi connectivity index (χ2n) is 2.47. The van der Waals surface area contributed by atoms with Crippen LogP contribution in [0, 0.1) is 0 Å². The zero-order valence-electron chi connectivity index (χ0n) is 6.20. The molecule has 0 aliphatic carbocycles. The molecule has 0 aromatic heterocycles. The summed E-state index contributed by atoms with van der Waals surface area (Å²) in [5.41, 5.74) is 0.925. The van der Waals surface area contributed by atoms with Gasteiger partial charge in [0.1, 0.15) is 6.17 Å². The topological polar surface area (TPSA) is 20.2 Å². The molecule has 60 valence electrons. The molecule has 0 aliphatic rings. The summed E-state index contributed by atoms with van der Waals surface area (Å²) in [5, 5.41) is 8.42. The molecule has 0 unspecified atom stereocenters. The number of aliphatic hydroxyl groups excluding tert-OH is 1. The van der Waals surface area contributed by atoms with Crippen LogP contribution in [0.2, 0.25) is 0 Å². The van der Waals surface area contributed by atoms with Crippen molar-refractivity contribution in [2.45, 2.75) is 12.6 Å². The number of alkyl halides is 1. The van der Waals surface area contributed by atoms with Gasteiger partial charge in [0.05, 0.1) is 6.61 Å². The second-order valence-corrected chi connectivity index (χ2v) is 2.47. The van der Waals surface area contributed by atoms with E-state index in [4.69, 9.17) is 5.11 Å². The molecule has 1 aromatic rings. The second kappa shape index (κ2) is 4.09. The Morgan fingerprint density at radius 3 is 2.45 bits per heavy atom. The van der Waals surface area contributed by atoms with Crippen LogP contribution in [0.15, 0.2) is 30.3 Å². The maximum Gasteiger partial charge on any atom is 0.127 e. The zero-order valence-corrected chi connectivity index (χ0v) is 6.20. The standard InChI is InChI=1S/C9H11FO/c10-9(7-11)6-8-4-2-1-3-5-8/h1-5,9,11H,6-7H2/t9-/m0/s1. The summed E-state index contributed by atoms with van der Waals surface area (Å²) in [4.78, 5) is 0. The molecule has 0 saturated carbocycles. The maximum absolute atomic E-state index is 12.6. The van der Waals surface area contributed by atoms with Crippen molar-refractivity contribution in [3.05, 3.63) is 35.9 Å². The lowest BCUT2D eigenvalue weighted by Gasteiger charge is -2.02. The van der Waals surface area contributed by atoms with Gasteiger partial charge in [0.2, 0.25) is 0 Å². The monoisotopic (exact) mass is 154 g/mol. The Labute approximate surface area is 65.5 Å². The lowest BCUT2D eigenvalue weighted by Crippen LogP contribution is -2.09. The zero-order chi connectivity index (χ0) is 8.10. The van der Waals surface area contributed by atoms with E-state index >= 15 is 0 Å². The number of aliphatic hydroxyl groups is 1. The van der Waals surface area contributed by atoms with Gasteiger partial charge in [-0.15, -0.1) is 0 Å². The van der Waals surface area contributed by atoms with Crippen LogP contribution in [-0.4, -0.2) is 17.9 Å². The number of benzene rings is 1. The molecule has 11 heavy (non-hydrogen) atoms. The number of halogens is 1. The van der Waals surface area contributed by atoms with Gasteiger partial charge in [-0.25, -0.2) is 4.39 Å². The van der Waals surface area contributed by atoms with Gasteiger partial charge < -0.3 is 5.11 Å². The first-order valence-electron chi connectivity index (χ1n) is 3.62. The first-order chi connectivity index (χ1) is 5.33. The summed E-state index contributed by atoms with van der Waals surface area (Å²) < 4.78 is 12.6. The molecule has 1 atom stereocenters. The number of rotatable bonds is 3. The average Bonchev–Trinajstić information content (AvgIpc) is 2.06. The third-order valence-electron chi connectivity index (χ3n) is 1.50. The van der Waals surface area contributed by atoms with Crippen LogP contribution in [0.5, 0.6) is 0 Å². The molecule has 0 bridgehead atoms. The molecule has 1 nitrogen and oxygen atoms in total. The SMILES string of the molecule is OC[C@@H](F)Cc1ccccc1. The fraction of sp³-hybridized carbons (Fsp3) is 0.333. The van der Waals surface area contributed by atoms with Crippen molar-refractivity contribution < 1.29 is 9.50 Å². The third kappa shape index (κ3) is 2.68. The molecule has 0 amide bonds. The summed E-state index contributed by atoms with van der Waals surface area (Å²) in [5.74, 6) is 0. The molecular formula is C9H11FO. The number of hydrogen-bond donors (Lipinski definition) is 1. The van der Waals surface area contributed by atoms with Crippen molar-refractivity contribution in [2.24, 2.45) is 0 Å². The van der Waals surface area contributed by atoms with Gasteiger partial charge in [-0.2, -0.15) is 0 Å². The van der Waals surface area contributed by atoms with Crippen LogP contribution in [0.4, 0.5) is 4.39 Å². The van der Waals surface area contributed by atoms with E-state index in [1.54, 1.807) is 0 Å². The molecule has 0 saturated heterocycles. The van der Waals surface area contributed by atoms with Crippen molar-refractivity contribution in [2.75, 3.05) is 6.61 Å². The van der Waals surface area contributed by atoms with E-state index in [-0.39, 0.29) is 0 Å². The van der Waals surface area contributed by atoms with Crippen LogP contribution in [0.25, 0.3) is 0 Å². The summed E-state index contributed by atoms with van der Waals surface area (Å²) in [6, 6.07) is 9.30. The smallest absolute Gasteiger partial charge is 0.127 e. The van der Waals surface area contributed by atoms with Crippen LogP contribution in [0.1, 0.15) is 5.56 Å². The van der Waals surface area contributed by atoms with E-state index in [9.17, 15) is 4.39 Å². The van der Waals surface area contributed by atoms with Gasteiger partial charge in [0.25, 0.3) is 0 Å². The van der Waals surface area contributed by atoms with Crippen molar-refractivity contribution in [3.8, 4) is 0 Å². The molecule has 2 heteroatoms. The Morgan fingerprint density at radius 2 is 1.91 bits per heavy atom. The Kier molecular flexibility index (Phi) is 3.05. The van der Waals surface area contributed by atoms with E-state index in [1.165, 1.54) is 0 Å². The fourth-order valence-electron chi connectivity index (χ4n) is 0.934. The van der Waals surface area contributed by atoms with Crippen molar-refractivity contribution in [1.82, 2.24) is 0 Å². The summed E-state index contributed by atoms with van der Waals surface area (Å²) in [6.45, 7) is -0.394. The summed E-state index contributed by atoms with van der Waals surface area (Å²) in [7, 11) is 0. The van der Waals surface area contributed by atoms with Gasteiger partial charge in [-0.05, 0) is 5.56 Å². The highest BCUT2D eigenvalue weighted by atomic mass is 19.1. The summed E-state index contributed by atoms with van der Waals surface area (Å²) in [6.07, 6.45) is -0.824. The van der Waals surface area contributed by atoms with E-state index in [2.05, 4.69) is 0 Å². The molecular weight excluding hydrogens is 143 g/mol. The fourth-order valence-corrected chi connectivity index (χ4v) is 0.934. The van der Waals surface area contributed by atoms with E-state index in [0.717, 1.165) is 5.56 Å². The van der Waals surface area contributed by atoms with Gasteiger partial charge in [-0.3, -0.25) is 0 Å². The highest BCUT2D eigenvalue weighted by Crippen LogP contribution is 2.04. The first-order valence-corrected chi connectivity index (χ1v) is 3.62. The molecule has 1 aromatic carbocycles. The highest BCUT2D eigenvalue weighted by molar-refractivity contribution is 5.15. The average molecular weight is 154 g/mol. The van der Waals surface area contributed by atoms with Crippen LogP contribution in [-0.2, 0) is 6.42 Å². The lowest BCUT2D eigenvalue weighted by atomic mass is 10.1. The number of hydrogen-bond acceptors (Lipinski definition) is 1. The van der Waals surface area contributed by atoms with Crippen molar-refractivity contribution in [3.63, 3.8) is 0 Å². The van der Waals surface area contributed by atoms with E-state index < -0.39 is 12.8 Å². The minimum absolute atomic E-state index is 0.303. The van der Waals surface area contributed by atoms with Crippen molar-refractivity contribution in [1.29, 1.82) is 0 Å². The molecule has 0 fully saturated rings. The minimum Gasteiger partial charge on any atom is -0.393 e. The molecule has 1 rings (SSSR count). The molecule has 0 radical (unpaired) electrons. The van der Waals surface area contributed by atoms with E-state index in [1.807, 2.05) is 30.3 Å². The molecule has 0 aliphatic heterocycles. The predicted molar refractivity (Wildman–Crippen MR) is 42.1 cm³/mol. The molecule has 1 N–H and O–H groups in total. The third-order valence-corrected chi connectivity index (χ3v) is 1.50. The van der Waals surface area contributed by atoms with E-state index in [0.29, 0.717) is 6.42 Å². The Balaban J connectivity index is 2.51. The minimum atomic E-state index is -1.13. The molecule has 0 spiro atoms. The van der Waals surface area contributed by atoms with Crippen molar-refractivity contribution >= 4 is 0 Å². The Morgan fingerprint density at radius 1 is 1.27 bits per heavy atom. The predicted octanol–water partition coefficient (Wildman–Crippen LogP) is 1.56. The van der Waals surface area contributed by atoms with Gasteiger partial charge >= 0.3 is 0 Å². The Bertz CT molecular complexity index is 198. The normalized spacial score (nSPS) is 12.9. The van der Waals surface area contributed by atoms with Gasteiger partial charge in [-0.1, -0.05) is 30.3 Å². The first kappa shape index (κ1) is 8.21. The van der Waals surface area contributed by atoms with Crippen LogP contribution in [0.3, 0.4) is 0 Å². The highest BCUT2D eigenvalue weighted by Gasteiger charge is 2.03. The Hall–Kier alpha value is -0.890. The lowest BCUT2D eigenvalue weighted by molar-refractivity contribution is 0.177. The van der Waals surface area contributed by atoms with Crippen LogP contribution >= 0.6 is 0 Å². The largest absolute Gasteiger partial charge is 0.393 e. The summed E-state index contributed by atoms with van der Waals surface area (Å²) >= 11 is 0. The van der Waals surface area contributed by atoms with Crippen LogP contribution < -0.4 is 0 Å². The van der Waals surface area contributed by atoms with Gasteiger partial charge in [0, 0.05) is 6.42 Å². The van der Waals surface area contributed by atoms with Gasteiger partial charge in [0.15, 0.2) is 0 Å². The maximum atomic E-state index is 12.6. The molecule has 0 heterocycles.